The first-order chi connectivity index (χ1) is 17.6. The normalized spacial score (nSPS) is 19.2. The van der Waals surface area contributed by atoms with Crippen molar-refractivity contribution in [3.63, 3.8) is 0 Å². The van der Waals surface area contributed by atoms with E-state index in [1.807, 2.05) is 53.4 Å². The van der Waals surface area contributed by atoms with Crippen molar-refractivity contribution < 1.29 is 9.18 Å². The highest BCUT2D eigenvalue weighted by Gasteiger charge is 2.29. The topological polar surface area (TPSA) is 52.3 Å². The number of carbonyl (C=O) groups is 1. The van der Waals surface area contributed by atoms with Crippen molar-refractivity contribution in [2.75, 3.05) is 26.2 Å². The first-order valence-corrected chi connectivity index (χ1v) is 13.0. The number of rotatable bonds is 6. The summed E-state index contributed by atoms with van der Waals surface area (Å²) < 4.78 is 15.5. The van der Waals surface area contributed by atoms with Gasteiger partial charge < -0.3 is 9.47 Å². The molecule has 6 heteroatoms. The third-order valence-corrected chi connectivity index (χ3v) is 7.68. The molecule has 0 spiro atoms. The predicted octanol–water partition coefficient (Wildman–Crippen LogP) is 5.43. The molecule has 2 saturated heterocycles. The number of aromatic nitrogens is 1. The number of halogens is 1. The smallest absolute Gasteiger partial charge is 0.270 e. The number of carbonyl (C=O) groups excluding carboxylic acids is 1. The lowest BCUT2D eigenvalue weighted by Crippen LogP contribution is -2.42. The van der Waals surface area contributed by atoms with Gasteiger partial charge in [-0.2, -0.15) is 5.26 Å². The van der Waals surface area contributed by atoms with Crippen molar-refractivity contribution in [3.05, 3.63) is 95.1 Å². The molecule has 5 rings (SSSR count). The predicted molar refractivity (Wildman–Crippen MR) is 138 cm³/mol. The molecule has 0 radical (unpaired) electrons. The number of amides is 1. The molecule has 5 nitrogen and oxygen atoms in total. The van der Waals surface area contributed by atoms with Crippen LogP contribution in [0.4, 0.5) is 4.39 Å². The molecule has 1 aromatic heterocycles. The van der Waals surface area contributed by atoms with Gasteiger partial charge in [-0.3, -0.25) is 9.69 Å². The average molecular weight is 485 g/mol. The van der Waals surface area contributed by atoms with Crippen molar-refractivity contribution in [3.8, 4) is 6.07 Å². The fraction of sp³-hybridized carbons (Fsp3) is 0.400. The van der Waals surface area contributed by atoms with E-state index in [-0.39, 0.29) is 11.7 Å². The Morgan fingerprint density at radius 1 is 0.944 bits per heavy atom. The summed E-state index contributed by atoms with van der Waals surface area (Å²) in [6.45, 7) is 4.41. The van der Waals surface area contributed by atoms with Crippen LogP contribution in [0.15, 0.2) is 66.9 Å². The van der Waals surface area contributed by atoms with Gasteiger partial charge >= 0.3 is 0 Å². The second-order valence-corrected chi connectivity index (χ2v) is 10.2. The summed E-state index contributed by atoms with van der Waals surface area (Å²) in [5.74, 6) is 0.325. The van der Waals surface area contributed by atoms with Crippen molar-refractivity contribution in [1.82, 2.24) is 14.4 Å². The number of hydrogen-bond acceptors (Lipinski definition) is 3. The molecule has 0 bridgehead atoms. The first kappa shape index (κ1) is 24.3. The zero-order valence-electron chi connectivity index (χ0n) is 20.7. The van der Waals surface area contributed by atoms with Crippen LogP contribution < -0.4 is 0 Å². The second-order valence-electron chi connectivity index (χ2n) is 10.2. The number of piperidine rings is 2. The molecule has 1 unspecified atom stereocenters. The van der Waals surface area contributed by atoms with Crippen molar-refractivity contribution >= 4 is 5.91 Å². The lowest BCUT2D eigenvalue weighted by molar-refractivity contribution is 0.0656. The Morgan fingerprint density at radius 2 is 1.67 bits per heavy atom. The number of benzene rings is 2. The van der Waals surface area contributed by atoms with Crippen LogP contribution in [0.5, 0.6) is 0 Å². The maximum absolute atomic E-state index is 13.5. The van der Waals surface area contributed by atoms with Crippen molar-refractivity contribution in [1.29, 1.82) is 5.26 Å². The van der Waals surface area contributed by atoms with Gasteiger partial charge in [-0.05, 0) is 85.5 Å². The Morgan fingerprint density at radius 3 is 2.39 bits per heavy atom. The van der Waals surface area contributed by atoms with Gasteiger partial charge in [-0.1, -0.05) is 24.3 Å². The van der Waals surface area contributed by atoms with Gasteiger partial charge in [0.1, 0.15) is 11.5 Å². The van der Waals surface area contributed by atoms with Crippen LogP contribution in [0, 0.1) is 23.1 Å². The molecule has 2 aliphatic heterocycles. The second kappa shape index (κ2) is 11.1. The van der Waals surface area contributed by atoms with Crippen LogP contribution in [-0.4, -0.2) is 46.5 Å². The van der Waals surface area contributed by atoms with E-state index in [2.05, 4.69) is 21.7 Å². The highest BCUT2D eigenvalue weighted by molar-refractivity contribution is 5.93. The third kappa shape index (κ3) is 5.68. The van der Waals surface area contributed by atoms with Crippen LogP contribution in [0.1, 0.15) is 58.9 Å². The fourth-order valence-electron chi connectivity index (χ4n) is 5.72. The molecule has 2 fully saturated rings. The molecule has 0 saturated carbocycles. The van der Waals surface area contributed by atoms with Crippen molar-refractivity contribution in [2.45, 2.75) is 44.7 Å². The molecular formula is C30H33FN4O. The summed E-state index contributed by atoms with van der Waals surface area (Å²) in [4.78, 5) is 18.0. The minimum atomic E-state index is -0.208. The van der Waals surface area contributed by atoms with Crippen LogP contribution >= 0.6 is 0 Å². The molecule has 0 aliphatic carbocycles. The quantitative estimate of drug-likeness (QED) is 0.469. The van der Waals surface area contributed by atoms with E-state index >= 15 is 0 Å². The van der Waals surface area contributed by atoms with E-state index in [4.69, 9.17) is 5.26 Å². The summed E-state index contributed by atoms with van der Waals surface area (Å²) in [5, 5.41) is 8.99. The van der Waals surface area contributed by atoms with Gasteiger partial charge in [0.15, 0.2) is 0 Å². The van der Waals surface area contributed by atoms with Crippen LogP contribution in [-0.2, 0) is 13.0 Å². The van der Waals surface area contributed by atoms with E-state index in [1.54, 1.807) is 0 Å². The first-order valence-electron chi connectivity index (χ1n) is 13.0. The van der Waals surface area contributed by atoms with Crippen LogP contribution in [0.25, 0.3) is 0 Å². The lowest BCUT2D eigenvalue weighted by atomic mass is 9.91. The van der Waals surface area contributed by atoms with Crippen LogP contribution in [0.3, 0.4) is 0 Å². The largest absolute Gasteiger partial charge is 0.340 e. The zero-order valence-corrected chi connectivity index (χ0v) is 20.7. The molecule has 3 aromatic rings. The summed E-state index contributed by atoms with van der Waals surface area (Å²) in [7, 11) is 0. The molecule has 2 aliphatic rings. The Balaban J connectivity index is 1.17. The van der Waals surface area contributed by atoms with E-state index in [0.29, 0.717) is 17.5 Å². The Labute approximate surface area is 212 Å². The monoisotopic (exact) mass is 484 g/mol. The minimum absolute atomic E-state index is 0.129. The lowest BCUT2D eigenvalue weighted by Gasteiger charge is -2.35. The number of nitriles is 1. The molecule has 3 heterocycles. The Bertz CT molecular complexity index is 1200. The molecule has 2 aromatic carbocycles. The highest BCUT2D eigenvalue weighted by Crippen LogP contribution is 2.28. The van der Waals surface area contributed by atoms with Gasteiger partial charge in [0.25, 0.3) is 5.91 Å². The van der Waals surface area contributed by atoms with Gasteiger partial charge in [-0.25, -0.2) is 4.39 Å². The standard InChI is InChI=1S/C30H33FN4O/c31-27-11-9-23(10-12-27)19-26-3-1-15-34(22-26)30(36)29-4-2-16-35(29)28-13-17-33(18-14-28)21-25-7-5-24(20-32)6-8-25/h2,4-12,16,26,28H,1,3,13-15,17-19,21-22H2. The number of nitrogens with zero attached hydrogens (tertiary/aromatic N) is 4. The number of likely N-dealkylation sites (tertiary alicyclic amines) is 2. The van der Waals surface area contributed by atoms with Gasteiger partial charge in [0.05, 0.1) is 11.6 Å². The van der Waals surface area contributed by atoms with Gasteiger partial charge in [-0.15, -0.1) is 0 Å². The maximum Gasteiger partial charge on any atom is 0.270 e. The average Bonchev–Trinajstić information content (AvgIpc) is 3.41. The minimum Gasteiger partial charge on any atom is -0.340 e. The Kier molecular flexibility index (Phi) is 7.48. The summed E-state index contributed by atoms with van der Waals surface area (Å²) in [5.41, 5.74) is 3.84. The van der Waals surface area contributed by atoms with E-state index in [9.17, 15) is 9.18 Å². The molecule has 186 valence electrons. The molecular weight excluding hydrogens is 451 g/mol. The summed E-state index contributed by atoms with van der Waals surface area (Å²) in [6.07, 6.45) is 7.07. The maximum atomic E-state index is 13.5. The molecule has 0 N–H and O–H groups in total. The van der Waals surface area contributed by atoms with E-state index in [0.717, 1.165) is 76.1 Å². The van der Waals surface area contributed by atoms with E-state index in [1.165, 1.54) is 17.7 Å². The summed E-state index contributed by atoms with van der Waals surface area (Å²) >= 11 is 0. The van der Waals surface area contributed by atoms with Crippen LogP contribution in [0.2, 0.25) is 0 Å². The fourth-order valence-corrected chi connectivity index (χ4v) is 5.72. The summed E-state index contributed by atoms with van der Waals surface area (Å²) in [6, 6.07) is 21.0. The Hall–Kier alpha value is -3.43. The molecule has 36 heavy (non-hydrogen) atoms. The third-order valence-electron chi connectivity index (χ3n) is 7.68. The highest BCUT2D eigenvalue weighted by atomic mass is 19.1. The number of hydrogen-bond donors (Lipinski definition) is 0. The SMILES string of the molecule is N#Cc1ccc(CN2CCC(n3cccc3C(=O)N3CCCC(Cc4ccc(F)cc4)C3)CC2)cc1. The van der Waals surface area contributed by atoms with Gasteiger partial charge in [0.2, 0.25) is 0 Å². The molecule has 1 amide bonds. The van der Waals surface area contributed by atoms with Crippen molar-refractivity contribution in [2.24, 2.45) is 5.92 Å². The van der Waals surface area contributed by atoms with E-state index < -0.39 is 0 Å². The van der Waals surface area contributed by atoms with Gasteiger partial charge in [0, 0.05) is 45.0 Å². The molecule has 1 atom stereocenters. The zero-order chi connectivity index (χ0) is 24.9.